The van der Waals surface area contributed by atoms with Gasteiger partial charge in [0.2, 0.25) is 0 Å². The van der Waals surface area contributed by atoms with Crippen molar-refractivity contribution in [3.63, 3.8) is 0 Å². The summed E-state index contributed by atoms with van der Waals surface area (Å²) in [5.41, 5.74) is 0.629. The molecule has 3 rings (SSSR count). The molecule has 0 aromatic carbocycles. The van der Waals surface area contributed by atoms with Gasteiger partial charge in [-0.15, -0.1) is 0 Å². The zero-order valence-corrected chi connectivity index (χ0v) is 12.6. The highest BCUT2D eigenvalue weighted by Gasteiger charge is 2.41. The fourth-order valence-corrected chi connectivity index (χ4v) is 3.90. The lowest BCUT2D eigenvalue weighted by Crippen LogP contribution is -2.43. The van der Waals surface area contributed by atoms with Crippen molar-refractivity contribution in [1.82, 2.24) is 10.2 Å². The van der Waals surface area contributed by atoms with E-state index in [0.717, 1.165) is 12.5 Å². The van der Waals surface area contributed by atoms with Gasteiger partial charge in [0.05, 0.1) is 0 Å². The first-order valence-electron chi connectivity index (χ1n) is 8.28. The van der Waals surface area contributed by atoms with E-state index in [1.807, 2.05) is 0 Å². The Hall–Kier alpha value is -0.730. The summed E-state index contributed by atoms with van der Waals surface area (Å²) < 4.78 is 0. The van der Waals surface area contributed by atoms with Gasteiger partial charge in [-0.05, 0) is 43.9 Å². The average Bonchev–Trinajstić information content (AvgIpc) is 2.96. The topological polar surface area (TPSA) is 27.6 Å². The number of aliphatic imine (C=N–C) groups is 1. The fourth-order valence-electron chi connectivity index (χ4n) is 3.90. The van der Waals surface area contributed by atoms with Gasteiger partial charge in [0, 0.05) is 25.7 Å². The van der Waals surface area contributed by atoms with Crippen LogP contribution < -0.4 is 5.32 Å². The Kier molecular flexibility index (Phi) is 3.72. The molecule has 3 nitrogen and oxygen atoms in total. The Labute approximate surface area is 117 Å². The van der Waals surface area contributed by atoms with E-state index in [1.54, 1.807) is 0 Å². The standard InChI is InChI=1S/C16H29N3/c1-3-17-15(18-14-11-13(14)2)19-10-9-16(12-19)7-5-4-6-8-16/h13-14H,3-12H2,1-2H3,(H,17,18). The first kappa shape index (κ1) is 13.3. The third-order valence-electron chi connectivity index (χ3n) is 5.38. The molecule has 3 heteroatoms. The molecule has 1 spiro atoms. The third kappa shape index (κ3) is 2.90. The summed E-state index contributed by atoms with van der Waals surface area (Å²) in [6.07, 6.45) is 9.95. The van der Waals surface area contributed by atoms with Crippen LogP contribution in [0.15, 0.2) is 4.99 Å². The predicted octanol–water partition coefficient (Wildman–Crippen LogP) is 3.02. The molecule has 1 aliphatic heterocycles. The Morgan fingerprint density at radius 2 is 2.00 bits per heavy atom. The molecule has 0 aromatic heterocycles. The molecule has 108 valence electrons. The summed E-state index contributed by atoms with van der Waals surface area (Å²) in [5, 5.41) is 3.68. The monoisotopic (exact) mass is 263 g/mol. The van der Waals surface area contributed by atoms with Gasteiger partial charge < -0.3 is 10.2 Å². The van der Waals surface area contributed by atoms with Crippen LogP contribution in [-0.2, 0) is 0 Å². The van der Waals surface area contributed by atoms with Crippen molar-refractivity contribution in [2.45, 2.75) is 64.8 Å². The van der Waals surface area contributed by atoms with Gasteiger partial charge in [0.25, 0.3) is 0 Å². The lowest BCUT2D eigenvalue weighted by atomic mass is 9.73. The number of nitrogens with one attached hydrogen (secondary N) is 1. The fraction of sp³-hybridized carbons (Fsp3) is 0.938. The van der Waals surface area contributed by atoms with Crippen molar-refractivity contribution >= 4 is 5.96 Å². The molecule has 0 amide bonds. The van der Waals surface area contributed by atoms with Gasteiger partial charge in [-0.2, -0.15) is 0 Å². The largest absolute Gasteiger partial charge is 0.353 e. The van der Waals surface area contributed by atoms with Crippen LogP contribution >= 0.6 is 0 Å². The van der Waals surface area contributed by atoms with E-state index in [2.05, 4.69) is 24.1 Å². The smallest absolute Gasteiger partial charge is 0.194 e. The summed E-state index contributed by atoms with van der Waals surface area (Å²) in [6, 6.07) is 0.688. The van der Waals surface area contributed by atoms with E-state index >= 15 is 0 Å². The summed E-state index contributed by atoms with van der Waals surface area (Å²) in [6.45, 7) is 7.83. The highest BCUT2D eigenvalue weighted by Crippen LogP contribution is 2.43. The Morgan fingerprint density at radius 1 is 1.26 bits per heavy atom. The van der Waals surface area contributed by atoms with Gasteiger partial charge in [0.15, 0.2) is 5.96 Å². The van der Waals surface area contributed by atoms with Crippen molar-refractivity contribution in [3.8, 4) is 0 Å². The van der Waals surface area contributed by atoms with E-state index in [9.17, 15) is 0 Å². The number of guanidine groups is 1. The van der Waals surface area contributed by atoms with Gasteiger partial charge in [-0.1, -0.05) is 26.2 Å². The Balaban J connectivity index is 1.62. The number of hydrogen-bond acceptors (Lipinski definition) is 1. The molecule has 1 saturated heterocycles. The quantitative estimate of drug-likeness (QED) is 0.612. The maximum Gasteiger partial charge on any atom is 0.194 e. The Bertz CT molecular complexity index is 344. The van der Waals surface area contributed by atoms with Gasteiger partial charge in [0.1, 0.15) is 0 Å². The maximum absolute atomic E-state index is 4.73. The van der Waals surface area contributed by atoms with Crippen molar-refractivity contribution in [2.75, 3.05) is 19.6 Å². The van der Waals surface area contributed by atoms with Crippen LogP contribution in [0, 0.1) is 11.3 Å². The molecule has 3 aliphatic rings. The first-order valence-corrected chi connectivity index (χ1v) is 8.28. The molecule has 0 bridgehead atoms. The maximum atomic E-state index is 4.73. The summed E-state index contributed by atoms with van der Waals surface area (Å²) in [7, 11) is 0. The van der Waals surface area contributed by atoms with E-state index in [1.165, 1.54) is 64.0 Å². The van der Waals surface area contributed by atoms with Gasteiger partial charge >= 0.3 is 0 Å². The van der Waals surface area contributed by atoms with E-state index in [0.29, 0.717) is 11.5 Å². The number of nitrogens with zero attached hydrogens (tertiary/aromatic N) is 2. The molecule has 2 saturated carbocycles. The van der Waals surface area contributed by atoms with Gasteiger partial charge in [-0.25, -0.2) is 0 Å². The lowest BCUT2D eigenvalue weighted by molar-refractivity contribution is 0.203. The molecule has 1 heterocycles. The summed E-state index contributed by atoms with van der Waals surface area (Å²) in [4.78, 5) is 7.27. The molecule has 1 N–H and O–H groups in total. The molecule has 0 aromatic rings. The zero-order valence-electron chi connectivity index (χ0n) is 12.6. The molecule has 2 unspecified atom stereocenters. The van der Waals surface area contributed by atoms with Crippen LogP contribution in [0.1, 0.15) is 58.8 Å². The predicted molar refractivity (Wildman–Crippen MR) is 80.4 cm³/mol. The van der Waals surface area contributed by atoms with Crippen LogP contribution in [-0.4, -0.2) is 36.5 Å². The highest BCUT2D eigenvalue weighted by molar-refractivity contribution is 5.81. The summed E-state index contributed by atoms with van der Waals surface area (Å²) in [5.74, 6) is 2.03. The van der Waals surface area contributed by atoms with E-state index in [-0.39, 0.29) is 0 Å². The van der Waals surface area contributed by atoms with Crippen LogP contribution in [0.4, 0.5) is 0 Å². The minimum absolute atomic E-state index is 0.629. The van der Waals surface area contributed by atoms with Gasteiger partial charge in [-0.3, -0.25) is 4.99 Å². The zero-order chi connectivity index (χ0) is 13.3. The second-order valence-corrected chi connectivity index (χ2v) is 6.99. The molecule has 2 aliphatic carbocycles. The van der Waals surface area contributed by atoms with Crippen molar-refractivity contribution in [1.29, 1.82) is 0 Å². The third-order valence-corrected chi connectivity index (χ3v) is 5.38. The highest BCUT2D eigenvalue weighted by atomic mass is 15.3. The van der Waals surface area contributed by atoms with E-state index in [4.69, 9.17) is 4.99 Å². The summed E-state index contributed by atoms with van der Waals surface area (Å²) >= 11 is 0. The second kappa shape index (κ2) is 5.34. The SMILES string of the molecule is CCN=C(NC1CC1C)N1CCC2(CCCCC2)C1. The first-order chi connectivity index (χ1) is 9.22. The van der Waals surface area contributed by atoms with Crippen LogP contribution in [0.2, 0.25) is 0 Å². The van der Waals surface area contributed by atoms with Crippen molar-refractivity contribution in [2.24, 2.45) is 16.3 Å². The molecule has 0 radical (unpaired) electrons. The average molecular weight is 263 g/mol. The molecule has 3 fully saturated rings. The van der Waals surface area contributed by atoms with E-state index < -0.39 is 0 Å². The van der Waals surface area contributed by atoms with Crippen molar-refractivity contribution < 1.29 is 0 Å². The molecule has 2 atom stereocenters. The lowest BCUT2D eigenvalue weighted by Gasteiger charge is -2.33. The molecule has 19 heavy (non-hydrogen) atoms. The van der Waals surface area contributed by atoms with Crippen LogP contribution in [0.5, 0.6) is 0 Å². The number of hydrogen-bond donors (Lipinski definition) is 1. The molecular weight excluding hydrogens is 234 g/mol. The van der Waals surface area contributed by atoms with Crippen LogP contribution in [0.25, 0.3) is 0 Å². The Morgan fingerprint density at radius 3 is 2.63 bits per heavy atom. The second-order valence-electron chi connectivity index (χ2n) is 6.99. The number of likely N-dealkylation sites (tertiary alicyclic amines) is 1. The normalized spacial score (nSPS) is 33.8. The van der Waals surface area contributed by atoms with Crippen molar-refractivity contribution in [3.05, 3.63) is 0 Å². The minimum atomic E-state index is 0.629. The number of rotatable bonds is 2. The van der Waals surface area contributed by atoms with Crippen LogP contribution in [0.3, 0.4) is 0 Å². The minimum Gasteiger partial charge on any atom is -0.353 e. The molecular formula is C16H29N3.